The molecule has 2 aliphatic heterocycles. The number of carbonyl (C=O) groups is 1. The van der Waals surface area contributed by atoms with Crippen LogP contribution in [-0.4, -0.2) is 61.1 Å². The fourth-order valence-corrected chi connectivity index (χ4v) is 4.43. The summed E-state index contributed by atoms with van der Waals surface area (Å²) < 4.78 is 5.44. The van der Waals surface area contributed by atoms with Gasteiger partial charge >= 0.3 is 0 Å². The highest BCUT2D eigenvalue weighted by atomic mass is 16.5. The Labute approximate surface area is 138 Å². The van der Waals surface area contributed by atoms with Gasteiger partial charge in [-0.3, -0.25) is 9.69 Å². The number of nitrogens with zero attached hydrogens (tertiary/aromatic N) is 2. The Morgan fingerprint density at radius 3 is 2.52 bits per heavy atom. The zero-order valence-corrected chi connectivity index (χ0v) is 13.7. The topological polar surface area (TPSA) is 32.8 Å². The minimum Gasteiger partial charge on any atom is -0.379 e. The van der Waals surface area contributed by atoms with E-state index >= 15 is 0 Å². The van der Waals surface area contributed by atoms with Gasteiger partial charge < -0.3 is 9.64 Å². The van der Waals surface area contributed by atoms with Crippen molar-refractivity contribution < 1.29 is 9.53 Å². The lowest BCUT2D eigenvalue weighted by Gasteiger charge is -2.40. The molecule has 1 unspecified atom stereocenters. The minimum atomic E-state index is 0.103. The smallest absolute Gasteiger partial charge is 0.230 e. The summed E-state index contributed by atoms with van der Waals surface area (Å²) in [6, 6.07) is 9.10. The van der Waals surface area contributed by atoms with Crippen molar-refractivity contribution in [3.8, 4) is 0 Å². The van der Waals surface area contributed by atoms with Gasteiger partial charge in [-0.25, -0.2) is 0 Å². The summed E-state index contributed by atoms with van der Waals surface area (Å²) in [5.41, 5.74) is 2.64. The van der Waals surface area contributed by atoms with Gasteiger partial charge in [0.25, 0.3) is 0 Å². The van der Waals surface area contributed by atoms with Crippen molar-refractivity contribution in [2.75, 3.05) is 39.4 Å². The van der Waals surface area contributed by atoms with E-state index in [-0.39, 0.29) is 5.92 Å². The molecule has 0 spiro atoms. The standard InChI is InChI=1S/C19H26N2O2/c22-19(18-6-5-15-3-1-2-4-17(15)18)21-9-7-16(8-10-21)20-11-13-23-14-12-20/h1-4,16,18H,5-14H2. The Kier molecular flexibility index (Phi) is 4.36. The first-order valence-corrected chi connectivity index (χ1v) is 9.01. The summed E-state index contributed by atoms with van der Waals surface area (Å²) >= 11 is 0. The predicted molar refractivity (Wildman–Crippen MR) is 89.5 cm³/mol. The van der Waals surface area contributed by atoms with Gasteiger partial charge in [-0.15, -0.1) is 0 Å². The maximum absolute atomic E-state index is 12.9. The van der Waals surface area contributed by atoms with Crippen LogP contribution in [0.25, 0.3) is 0 Å². The van der Waals surface area contributed by atoms with Crippen molar-refractivity contribution in [1.82, 2.24) is 9.80 Å². The van der Waals surface area contributed by atoms with E-state index in [2.05, 4.69) is 34.1 Å². The monoisotopic (exact) mass is 314 g/mol. The average Bonchev–Trinajstić information content (AvgIpc) is 3.06. The van der Waals surface area contributed by atoms with Crippen LogP contribution in [0.3, 0.4) is 0 Å². The molecule has 0 saturated carbocycles. The fourth-order valence-electron chi connectivity index (χ4n) is 4.43. The zero-order chi connectivity index (χ0) is 15.6. The van der Waals surface area contributed by atoms with Crippen molar-refractivity contribution in [3.63, 3.8) is 0 Å². The van der Waals surface area contributed by atoms with Crippen molar-refractivity contribution in [2.24, 2.45) is 0 Å². The van der Waals surface area contributed by atoms with Gasteiger partial charge in [0.15, 0.2) is 0 Å². The molecule has 124 valence electrons. The van der Waals surface area contributed by atoms with Gasteiger partial charge in [0, 0.05) is 32.2 Å². The first kappa shape index (κ1) is 15.2. The van der Waals surface area contributed by atoms with E-state index < -0.39 is 0 Å². The lowest BCUT2D eigenvalue weighted by atomic mass is 9.97. The molecule has 0 N–H and O–H groups in total. The van der Waals surface area contributed by atoms with Gasteiger partial charge in [-0.05, 0) is 36.8 Å². The highest BCUT2D eigenvalue weighted by Crippen LogP contribution is 2.35. The van der Waals surface area contributed by atoms with Gasteiger partial charge in [0.2, 0.25) is 5.91 Å². The molecule has 1 amide bonds. The molecule has 1 aromatic carbocycles. The Morgan fingerprint density at radius 1 is 1.00 bits per heavy atom. The van der Waals surface area contributed by atoms with Crippen molar-refractivity contribution in [1.29, 1.82) is 0 Å². The number of rotatable bonds is 2. The van der Waals surface area contributed by atoms with Crippen molar-refractivity contribution in [2.45, 2.75) is 37.6 Å². The lowest BCUT2D eigenvalue weighted by molar-refractivity contribution is -0.134. The number of fused-ring (bicyclic) bond motifs is 1. The molecule has 3 aliphatic rings. The number of ether oxygens (including phenoxy) is 1. The van der Waals surface area contributed by atoms with Crippen molar-refractivity contribution in [3.05, 3.63) is 35.4 Å². The largest absolute Gasteiger partial charge is 0.379 e. The molecule has 0 bridgehead atoms. The summed E-state index contributed by atoms with van der Waals surface area (Å²) in [6.07, 6.45) is 4.26. The van der Waals surface area contributed by atoms with E-state index in [9.17, 15) is 4.79 Å². The number of piperidine rings is 1. The van der Waals surface area contributed by atoms with Crippen LogP contribution in [0.5, 0.6) is 0 Å². The molecule has 1 atom stereocenters. The van der Waals surface area contributed by atoms with E-state index in [0.717, 1.165) is 65.1 Å². The number of carbonyl (C=O) groups excluding carboxylic acids is 1. The fraction of sp³-hybridized carbons (Fsp3) is 0.632. The molecule has 4 rings (SSSR count). The van der Waals surface area contributed by atoms with Crippen LogP contribution in [0.2, 0.25) is 0 Å². The maximum Gasteiger partial charge on any atom is 0.230 e. The second kappa shape index (κ2) is 6.62. The van der Waals surface area contributed by atoms with Gasteiger partial charge in [0.05, 0.1) is 19.1 Å². The molecule has 2 saturated heterocycles. The van der Waals surface area contributed by atoms with Gasteiger partial charge in [0.1, 0.15) is 0 Å². The van der Waals surface area contributed by atoms with Gasteiger partial charge in [-0.1, -0.05) is 24.3 Å². The SMILES string of the molecule is O=C(C1CCc2ccccc21)N1CCC(N2CCOCC2)CC1. The molecule has 4 heteroatoms. The third-order valence-corrected chi connectivity index (χ3v) is 5.77. The third kappa shape index (κ3) is 3.02. The number of aryl methyl sites for hydroxylation is 1. The quantitative estimate of drug-likeness (QED) is 0.837. The van der Waals surface area contributed by atoms with Crippen molar-refractivity contribution >= 4 is 5.91 Å². The summed E-state index contributed by atoms with van der Waals surface area (Å²) in [6.45, 7) is 5.65. The first-order chi connectivity index (χ1) is 11.3. The molecule has 0 aromatic heterocycles. The highest BCUT2D eigenvalue weighted by Gasteiger charge is 2.34. The number of amides is 1. The van der Waals surface area contributed by atoms with Crippen LogP contribution >= 0.6 is 0 Å². The van der Waals surface area contributed by atoms with Crippen LogP contribution in [0.15, 0.2) is 24.3 Å². The molecule has 4 nitrogen and oxygen atoms in total. The number of likely N-dealkylation sites (tertiary alicyclic amines) is 1. The van der Waals surface area contributed by atoms with Crippen LogP contribution in [-0.2, 0) is 16.0 Å². The Hall–Kier alpha value is -1.39. The minimum absolute atomic E-state index is 0.103. The summed E-state index contributed by atoms with van der Waals surface area (Å²) in [7, 11) is 0. The summed E-state index contributed by atoms with van der Waals surface area (Å²) in [4.78, 5) is 17.6. The van der Waals surface area contributed by atoms with E-state index in [1.807, 2.05) is 0 Å². The number of hydrogen-bond acceptors (Lipinski definition) is 3. The number of benzene rings is 1. The third-order valence-electron chi connectivity index (χ3n) is 5.77. The van der Waals surface area contributed by atoms with Crippen LogP contribution in [0.1, 0.15) is 36.3 Å². The van der Waals surface area contributed by atoms with Gasteiger partial charge in [-0.2, -0.15) is 0 Å². The number of morpholine rings is 1. The zero-order valence-electron chi connectivity index (χ0n) is 13.7. The molecule has 0 radical (unpaired) electrons. The maximum atomic E-state index is 12.9. The lowest BCUT2D eigenvalue weighted by Crippen LogP contribution is -2.50. The number of hydrogen-bond donors (Lipinski definition) is 0. The molecule has 2 fully saturated rings. The van der Waals surface area contributed by atoms with E-state index in [1.165, 1.54) is 11.1 Å². The Bertz CT molecular complexity index is 560. The predicted octanol–water partition coefficient (Wildman–Crippen LogP) is 2.04. The Morgan fingerprint density at radius 2 is 1.74 bits per heavy atom. The van der Waals surface area contributed by atoms with E-state index in [4.69, 9.17) is 4.74 Å². The average molecular weight is 314 g/mol. The normalized spacial score (nSPS) is 26.3. The molecule has 1 aliphatic carbocycles. The van der Waals surface area contributed by atoms with Crippen LogP contribution < -0.4 is 0 Å². The molecule has 23 heavy (non-hydrogen) atoms. The second-order valence-corrected chi connectivity index (χ2v) is 6.99. The Balaban J connectivity index is 1.36. The molecular weight excluding hydrogens is 288 g/mol. The first-order valence-electron chi connectivity index (χ1n) is 9.01. The molecule has 2 heterocycles. The van der Waals surface area contributed by atoms with Crippen LogP contribution in [0.4, 0.5) is 0 Å². The molecule has 1 aromatic rings. The summed E-state index contributed by atoms with van der Waals surface area (Å²) in [5.74, 6) is 0.460. The van der Waals surface area contributed by atoms with Crippen LogP contribution in [0, 0.1) is 0 Å². The summed E-state index contributed by atoms with van der Waals surface area (Å²) in [5, 5.41) is 0. The highest BCUT2D eigenvalue weighted by molar-refractivity contribution is 5.85. The van der Waals surface area contributed by atoms with E-state index in [1.54, 1.807) is 0 Å². The van der Waals surface area contributed by atoms with E-state index in [0.29, 0.717) is 11.9 Å². The molecular formula is C19H26N2O2. The second-order valence-electron chi connectivity index (χ2n) is 6.99.